The molecule has 1 saturated heterocycles. The molecular weight excluding hydrogens is 359 g/mol. The predicted molar refractivity (Wildman–Crippen MR) is 89.9 cm³/mol. The molecule has 2 heterocycles. The summed E-state index contributed by atoms with van der Waals surface area (Å²) >= 11 is 0. The van der Waals surface area contributed by atoms with Crippen LogP contribution in [0.5, 0.6) is 0 Å². The van der Waals surface area contributed by atoms with Crippen molar-refractivity contribution < 1.29 is 18.9 Å². The van der Waals surface area contributed by atoms with Crippen molar-refractivity contribution in [2.45, 2.75) is 13.0 Å². The Kier molecular flexibility index (Phi) is 5.38. The second-order valence-electron chi connectivity index (χ2n) is 6.03. The van der Waals surface area contributed by atoms with Gasteiger partial charge in [0.15, 0.2) is 0 Å². The third kappa shape index (κ3) is 4.43. The Balaban J connectivity index is 1.50. The van der Waals surface area contributed by atoms with Crippen LogP contribution in [0.1, 0.15) is 5.56 Å². The topological polar surface area (TPSA) is 114 Å². The second kappa shape index (κ2) is 7.89. The Morgan fingerprint density at radius 2 is 1.74 bits per heavy atom. The lowest BCUT2D eigenvalue weighted by Crippen LogP contribution is -2.51. The van der Waals surface area contributed by atoms with E-state index in [1.165, 1.54) is 6.07 Å². The summed E-state index contributed by atoms with van der Waals surface area (Å²) in [5.41, 5.74) is 0.341. The van der Waals surface area contributed by atoms with Crippen molar-refractivity contribution in [2.75, 3.05) is 26.2 Å². The zero-order valence-corrected chi connectivity index (χ0v) is 14.3. The fourth-order valence-electron chi connectivity index (χ4n) is 2.80. The van der Waals surface area contributed by atoms with Crippen LogP contribution in [0.4, 0.5) is 10.3 Å². The lowest BCUT2D eigenvalue weighted by molar-refractivity contribution is -0.394. The van der Waals surface area contributed by atoms with Crippen molar-refractivity contribution in [2.24, 2.45) is 0 Å². The van der Waals surface area contributed by atoms with E-state index in [9.17, 15) is 24.1 Å². The fraction of sp³-hybridized carbons (Fsp3) is 0.375. The SMILES string of the molecule is O=C(Cc1ccccc1F)N1CCN(C(=O)Cn2cnc([N+](=O)[O-])n2)CC1. The third-order valence-electron chi connectivity index (χ3n) is 4.27. The summed E-state index contributed by atoms with van der Waals surface area (Å²) < 4.78 is 14.8. The molecule has 11 heteroatoms. The maximum Gasteiger partial charge on any atom is 0.490 e. The van der Waals surface area contributed by atoms with Gasteiger partial charge in [0, 0.05) is 31.3 Å². The van der Waals surface area contributed by atoms with Crippen molar-refractivity contribution in [3.05, 3.63) is 52.1 Å². The fourth-order valence-corrected chi connectivity index (χ4v) is 2.80. The molecule has 0 saturated carbocycles. The van der Waals surface area contributed by atoms with E-state index < -0.39 is 16.7 Å². The van der Waals surface area contributed by atoms with Gasteiger partial charge in [-0.3, -0.25) is 9.59 Å². The molecule has 0 spiro atoms. The summed E-state index contributed by atoms with van der Waals surface area (Å²) in [6, 6.07) is 6.13. The second-order valence-corrected chi connectivity index (χ2v) is 6.03. The maximum atomic E-state index is 13.7. The molecule has 0 N–H and O–H groups in total. The molecule has 10 nitrogen and oxygen atoms in total. The highest BCUT2D eigenvalue weighted by molar-refractivity contribution is 5.80. The Hall–Kier alpha value is -3.37. The van der Waals surface area contributed by atoms with Crippen molar-refractivity contribution >= 4 is 17.8 Å². The van der Waals surface area contributed by atoms with Gasteiger partial charge in [-0.2, -0.15) is 4.68 Å². The zero-order chi connectivity index (χ0) is 19.4. The summed E-state index contributed by atoms with van der Waals surface area (Å²) in [4.78, 5) is 41.1. The third-order valence-corrected chi connectivity index (χ3v) is 4.27. The first kappa shape index (κ1) is 18.4. The molecule has 0 aliphatic carbocycles. The summed E-state index contributed by atoms with van der Waals surface area (Å²) in [5.74, 6) is -1.44. The largest absolute Gasteiger partial charge is 0.490 e. The molecule has 0 unspecified atom stereocenters. The lowest BCUT2D eigenvalue weighted by atomic mass is 10.1. The first-order valence-electron chi connectivity index (χ1n) is 8.27. The van der Waals surface area contributed by atoms with Gasteiger partial charge in [0.1, 0.15) is 12.4 Å². The number of amides is 2. The number of piperazine rings is 1. The quantitative estimate of drug-likeness (QED) is 0.545. The van der Waals surface area contributed by atoms with E-state index in [0.717, 1.165) is 11.0 Å². The van der Waals surface area contributed by atoms with Gasteiger partial charge in [-0.25, -0.2) is 4.39 Å². The van der Waals surface area contributed by atoms with Crippen LogP contribution in [0.25, 0.3) is 0 Å². The minimum Gasteiger partial charge on any atom is -0.390 e. The number of hydrogen-bond acceptors (Lipinski definition) is 6. The molecule has 2 aromatic rings. The standard InChI is InChI=1S/C16H17FN6O4/c17-13-4-2-1-3-12(13)9-14(24)20-5-7-21(8-6-20)15(25)10-22-11-18-16(19-22)23(26)27/h1-4,11H,5-10H2. The number of carbonyl (C=O) groups is 2. The zero-order valence-electron chi connectivity index (χ0n) is 14.3. The van der Waals surface area contributed by atoms with Gasteiger partial charge in [-0.1, -0.05) is 23.2 Å². The summed E-state index contributed by atoms with van der Waals surface area (Å²) in [6.45, 7) is 1.19. The van der Waals surface area contributed by atoms with Crippen LogP contribution in [-0.2, 0) is 22.6 Å². The number of nitrogens with zero attached hydrogens (tertiary/aromatic N) is 6. The van der Waals surface area contributed by atoms with Crippen LogP contribution in [0.2, 0.25) is 0 Å². The van der Waals surface area contributed by atoms with Gasteiger partial charge in [0.25, 0.3) is 0 Å². The first-order chi connectivity index (χ1) is 12.9. The average molecular weight is 376 g/mol. The molecule has 0 atom stereocenters. The molecule has 2 amide bonds. The maximum absolute atomic E-state index is 13.7. The highest BCUT2D eigenvalue weighted by Crippen LogP contribution is 2.11. The molecule has 0 bridgehead atoms. The van der Waals surface area contributed by atoms with Gasteiger partial charge >= 0.3 is 5.95 Å². The molecule has 3 rings (SSSR count). The molecular formula is C16H17FN6O4. The Morgan fingerprint density at radius 3 is 2.33 bits per heavy atom. The van der Waals surface area contributed by atoms with Crippen LogP contribution in [-0.4, -0.2) is 67.5 Å². The van der Waals surface area contributed by atoms with Gasteiger partial charge in [-0.15, -0.1) is 0 Å². The molecule has 0 radical (unpaired) electrons. The Bertz CT molecular complexity index is 862. The van der Waals surface area contributed by atoms with Crippen molar-refractivity contribution in [1.29, 1.82) is 0 Å². The minimum atomic E-state index is -0.735. The van der Waals surface area contributed by atoms with Crippen LogP contribution < -0.4 is 0 Å². The molecule has 1 aliphatic rings. The van der Waals surface area contributed by atoms with Crippen molar-refractivity contribution in [3.63, 3.8) is 0 Å². The lowest BCUT2D eigenvalue weighted by Gasteiger charge is -2.34. The monoisotopic (exact) mass is 376 g/mol. The van der Waals surface area contributed by atoms with E-state index in [1.54, 1.807) is 28.0 Å². The molecule has 142 valence electrons. The van der Waals surface area contributed by atoms with Crippen LogP contribution in [0, 0.1) is 15.9 Å². The van der Waals surface area contributed by atoms with Gasteiger partial charge in [0.05, 0.1) is 6.42 Å². The van der Waals surface area contributed by atoms with E-state index >= 15 is 0 Å². The first-order valence-corrected chi connectivity index (χ1v) is 8.27. The average Bonchev–Trinajstić information content (AvgIpc) is 3.12. The number of nitro groups is 1. The molecule has 1 fully saturated rings. The van der Waals surface area contributed by atoms with E-state index in [1.807, 2.05) is 0 Å². The van der Waals surface area contributed by atoms with Crippen LogP contribution in [0.3, 0.4) is 0 Å². The predicted octanol–water partition coefficient (Wildman–Crippen LogP) is 0.239. The summed E-state index contributed by atoms with van der Waals surface area (Å²) in [5, 5.41) is 14.2. The highest BCUT2D eigenvalue weighted by atomic mass is 19.1. The van der Waals surface area contributed by atoms with Crippen molar-refractivity contribution in [1.82, 2.24) is 24.6 Å². The highest BCUT2D eigenvalue weighted by Gasteiger charge is 2.26. The summed E-state index contributed by atoms with van der Waals surface area (Å²) in [7, 11) is 0. The normalized spacial score (nSPS) is 14.3. The van der Waals surface area contributed by atoms with Crippen LogP contribution >= 0.6 is 0 Å². The molecule has 1 aliphatic heterocycles. The van der Waals surface area contributed by atoms with Crippen molar-refractivity contribution in [3.8, 4) is 0 Å². The Labute approximate surface area is 153 Å². The van der Waals surface area contributed by atoms with Crippen LogP contribution in [0.15, 0.2) is 30.6 Å². The van der Waals surface area contributed by atoms with E-state index in [0.29, 0.717) is 31.7 Å². The minimum absolute atomic E-state index is 0.0246. The number of hydrogen-bond donors (Lipinski definition) is 0. The number of benzene rings is 1. The number of rotatable bonds is 5. The molecule has 1 aromatic carbocycles. The number of aromatic nitrogens is 3. The van der Waals surface area contributed by atoms with E-state index in [4.69, 9.17) is 0 Å². The molecule has 27 heavy (non-hydrogen) atoms. The van der Waals surface area contributed by atoms with E-state index in [-0.39, 0.29) is 24.8 Å². The number of halogens is 1. The van der Waals surface area contributed by atoms with Gasteiger partial charge < -0.3 is 19.9 Å². The van der Waals surface area contributed by atoms with Gasteiger partial charge in [-0.05, 0) is 16.6 Å². The van der Waals surface area contributed by atoms with Gasteiger partial charge in [0.2, 0.25) is 18.1 Å². The van der Waals surface area contributed by atoms with E-state index in [2.05, 4.69) is 10.1 Å². The smallest absolute Gasteiger partial charge is 0.390 e. The Morgan fingerprint density at radius 1 is 1.11 bits per heavy atom. The molecule has 1 aromatic heterocycles. The number of carbonyl (C=O) groups excluding carboxylic acids is 2. The summed E-state index contributed by atoms with van der Waals surface area (Å²) in [6.07, 6.45) is 1.10.